The molecule has 1 heterocycles. The number of nitrogens with two attached hydrogens (primary N) is 1. The summed E-state index contributed by atoms with van der Waals surface area (Å²) >= 11 is 1.64. The lowest BCUT2D eigenvalue weighted by Gasteiger charge is -2.18. The van der Waals surface area contributed by atoms with Crippen LogP contribution in [0.4, 0.5) is 0 Å². The Labute approximate surface area is 119 Å². The molecular weight excluding hydrogens is 254 g/mol. The minimum atomic E-state index is 0.110. The van der Waals surface area contributed by atoms with Gasteiger partial charge in [-0.15, -0.1) is 11.3 Å². The second-order valence-corrected chi connectivity index (χ2v) is 5.74. The SMILES string of the molecule is Cc1ccc(C(N)CCN(C)Cc2cscn2)cc1. The number of aryl methyl sites for hydroxylation is 1. The van der Waals surface area contributed by atoms with E-state index in [0.717, 1.165) is 25.2 Å². The molecule has 0 aliphatic carbocycles. The first-order valence-electron chi connectivity index (χ1n) is 6.53. The fraction of sp³-hybridized carbons (Fsp3) is 0.400. The number of rotatable bonds is 6. The molecule has 0 bridgehead atoms. The number of hydrogen-bond acceptors (Lipinski definition) is 4. The summed E-state index contributed by atoms with van der Waals surface area (Å²) in [4.78, 5) is 6.56. The Kier molecular flexibility index (Phi) is 5.07. The summed E-state index contributed by atoms with van der Waals surface area (Å²) in [6, 6.07) is 8.60. The maximum Gasteiger partial charge on any atom is 0.0795 e. The molecule has 0 spiro atoms. The molecule has 1 aromatic carbocycles. The number of hydrogen-bond donors (Lipinski definition) is 1. The van der Waals surface area contributed by atoms with E-state index in [1.165, 1.54) is 11.1 Å². The molecule has 3 nitrogen and oxygen atoms in total. The van der Waals surface area contributed by atoms with Crippen molar-refractivity contribution in [2.24, 2.45) is 5.73 Å². The topological polar surface area (TPSA) is 42.1 Å². The molecule has 19 heavy (non-hydrogen) atoms. The van der Waals surface area contributed by atoms with Crippen molar-refractivity contribution >= 4 is 11.3 Å². The van der Waals surface area contributed by atoms with Crippen LogP contribution in [0.1, 0.15) is 29.3 Å². The van der Waals surface area contributed by atoms with Crippen LogP contribution >= 0.6 is 11.3 Å². The largest absolute Gasteiger partial charge is 0.324 e. The molecule has 4 heteroatoms. The zero-order chi connectivity index (χ0) is 13.7. The monoisotopic (exact) mass is 275 g/mol. The fourth-order valence-electron chi connectivity index (χ4n) is 2.01. The first-order valence-corrected chi connectivity index (χ1v) is 7.47. The van der Waals surface area contributed by atoms with Crippen molar-refractivity contribution in [1.29, 1.82) is 0 Å². The van der Waals surface area contributed by atoms with Gasteiger partial charge >= 0.3 is 0 Å². The van der Waals surface area contributed by atoms with Crippen LogP contribution in [0.25, 0.3) is 0 Å². The number of nitrogens with zero attached hydrogens (tertiary/aromatic N) is 2. The Morgan fingerprint density at radius 1 is 1.32 bits per heavy atom. The van der Waals surface area contributed by atoms with Crippen LogP contribution in [0.5, 0.6) is 0 Å². The molecule has 0 saturated carbocycles. The van der Waals surface area contributed by atoms with E-state index >= 15 is 0 Å². The van der Waals surface area contributed by atoms with Gasteiger partial charge in [0.2, 0.25) is 0 Å². The van der Waals surface area contributed by atoms with E-state index < -0.39 is 0 Å². The molecular formula is C15H21N3S. The van der Waals surface area contributed by atoms with Gasteiger partial charge in [0.15, 0.2) is 0 Å². The van der Waals surface area contributed by atoms with Gasteiger partial charge in [0.25, 0.3) is 0 Å². The molecule has 102 valence electrons. The van der Waals surface area contributed by atoms with Gasteiger partial charge in [-0.05, 0) is 26.0 Å². The fourth-order valence-corrected chi connectivity index (χ4v) is 2.56. The molecule has 0 aliphatic rings. The molecule has 2 rings (SSSR count). The molecule has 0 aliphatic heterocycles. The number of thiazole rings is 1. The van der Waals surface area contributed by atoms with Gasteiger partial charge in [0, 0.05) is 24.5 Å². The van der Waals surface area contributed by atoms with Crippen LogP contribution in [-0.4, -0.2) is 23.5 Å². The Balaban J connectivity index is 1.79. The number of benzene rings is 1. The van der Waals surface area contributed by atoms with Gasteiger partial charge in [-0.2, -0.15) is 0 Å². The van der Waals surface area contributed by atoms with E-state index in [4.69, 9.17) is 5.73 Å². The lowest BCUT2D eigenvalue weighted by molar-refractivity contribution is 0.308. The number of aromatic nitrogens is 1. The Bertz CT molecular complexity index is 479. The zero-order valence-corrected chi connectivity index (χ0v) is 12.4. The van der Waals surface area contributed by atoms with Gasteiger partial charge in [0.1, 0.15) is 0 Å². The van der Waals surface area contributed by atoms with Crippen LogP contribution in [0.2, 0.25) is 0 Å². The zero-order valence-electron chi connectivity index (χ0n) is 11.5. The lowest BCUT2D eigenvalue weighted by Crippen LogP contribution is -2.23. The molecule has 0 radical (unpaired) electrons. The molecule has 0 saturated heterocycles. The molecule has 1 unspecified atom stereocenters. The summed E-state index contributed by atoms with van der Waals surface area (Å²) in [5.41, 5.74) is 11.7. The van der Waals surface area contributed by atoms with Crippen LogP contribution in [0.15, 0.2) is 35.2 Å². The van der Waals surface area contributed by atoms with Gasteiger partial charge in [-0.25, -0.2) is 4.98 Å². The highest BCUT2D eigenvalue weighted by molar-refractivity contribution is 7.07. The van der Waals surface area contributed by atoms with Crippen LogP contribution in [0.3, 0.4) is 0 Å². The molecule has 2 N–H and O–H groups in total. The third kappa shape index (κ3) is 4.42. The van der Waals surface area contributed by atoms with E-state index in [2.05, 4.69) is 53.5 Å². The van der Waals surface area contributed by atoms with Crippen molar-refractivity contribution in [2.75, 3.05) is 13.6 Å². The molecule has 1 aromatic heterocycles. The predicted molar refractivity (Wildman–Crippen MR) is 81.2 cm³/mol. The van der Waals surface area contributed by atoms with Crippen LogP contribution < -0.4 is 5.73 Å². The average Bonchev–Trinajstić information content (AvgIpc) is 2.89. The Morgan fingerprint density at radius 3 is 2.68 bits per heavy atom. The second kappa shape index (κ2) is 6.80. The van der Waals surface area contributed by atoms with Crippen molar-refractivity contribution in [3.8, 4) is 0 Å². The third-order valence-corrected chi connectivity index (χ3v) is 3.88. The quantitative estimate of drug-likeness (QED) is 0.881. The van der Waals surface area contributed by atoms with Gasteiger partial charge in [-0.1, -0.05) is 29.8 Å². The summed E-state index contributed by atoms with van der Waals surface area (Å²) in [6.45, 7) is 3.97. The van der Waals surface area contributed by atoms with E-state index in [1.807, 2.05) is 5.51 Å². The van der Waals surface area contributed by atoms with E-state index in [9.17, 15) is 0 Å². The highest BCUT2D eigenvalue weighted by Crippen LogP contribution is 2.15. The first kappa shape index (κ1) is 14.2. The summed E-state index contributed by atoms with van der Waals surface area (Å²) < 4.78 is 0. The van der Waals surface area contributed by atoms with Crippen LogP contribution in [0, 0.1) is 6.92 Å². The van der Waals surface area contributed by atoms with E-state index in [0.29, 0.717) is 0 Å². The molecule has 0 amide bonds. The summed E-state index contributed by atoms with van der Waals surface area (Å²) in [7, 11) is 2.11. The van der Waals surface area contributed by atoms with Gasteiger partial charge < -0.3 is 10.6 Å². The first-order chi connectivity index (χ1) is 9.15. The van der Waals surface area contributed by atoms with Crippen molar-refractivity contribution < 1.29 is 0 Å². The normalized spacial score (nSPS) is 12.8. The van der Waals surface area contributed by atoms with Crippen molar-refractivity contribution in [3.63, 3.8) is 0 Å². The Hall–Kier alpha value is -1.23. The highest BCUT2D eigenvalue weighted by Gasteiger charge is 2.08. The minimum absolute atomic E-state index is 0.110. The predicted octanol–water partition coefficient (Wildman–Crippen LogP) is 2.97. The van der Waals surface area contributed by atoms with Gasteiger partial charge in [0.05, 0.1) is 11.2 Å². The maximum atomic E-state index is 6.23. The minimum Gasteiger partial charge on any atom is -0.324 e. The van der Waals surface area contributed by atoms with Crippen molar-refractivity contribution in [1.82, 2.24) is 9.88 Å². The van der Waals surface area contributed by atoms with E-state index in [1.54, 1.807) is 11.3 Å². The lowest BCUT2D eigenvalue weighted by atomic mass is 10.0. The van der Waals surface area contributed by atoms with Crippen molar-refractivity contribution in [2.45, 2.75) is 25.9 Å². The summed E-state index contributed by atoms with van der Waals surface area (Å²) in [5, 5.41) is 2.09. The van der Waals surface area contributed by atoms with Crippen LogP contribution in [-0.2, 0) is 6.54 Å². The highest BCUT2D eigenvalue weighted by atomic mass is 32.1. The molecule has 0 fully saturated rings. The molecule has 1 atom stereocenters. The van der Waals surface area contributed by atoms with Gasteiger partial charge in [-0.3, -0.25) is 0 Å². The third-order valence-electron chi connectivity index (χ3n) is 3.24. The van der Waals surface area contributed by atoms with E-state index in [-0.39, 0.29) is 6.04 Å². The maximum absolute atomic E-state index is 6.23. The second-order valence-electron chi connectivity index (χ2n) is 5.02. The molecule has 2 aromatic rings. The average molecular weight is 275 g/mol. The standard InChI is InChI=1S/C15H21N3S/c1-12-3-5-13(6-4-12)15(16)7-8-18(2)9-14-10-19-11-17-14/h3-6,10-11,15H,7-9,16H2,1-2H3. The smallest absolute Gasteiger partial charge is 0.0795 e. The summed E-state index contributed by atoms with van der Waals surface area (Å²) in [6.07, 6.45) is 0.962. The summed E-state index contributed by atoms with van der Waals surface area (Å²) in [5.74, 6) is 0. The Morgan fingerprint density at radius 2 is 2.05 bits per heavy atom. The van der Waals surface area contributed by atoms with Crippen molar-refractivity contribution in [3.05, 3.63) is 52.0 Å².